The summed E-state index contributed by atoms with van der Waals surface area (Å²) in [7, 11) is 0. The van der Waals surface area contributed by atoms with Crippen LogP contribution < -0.4 is 4.90 Å². The van der Waals surface area contributed by atoms with E-state index in [0.29, 0.717) is 49.1 Å². The number of aryl methyl sites for hydroxylation is 2. The molecule has 0 amide bonds. The second-order valence-electron chi connectivity index (χ2n) is 9.99. The SMILES string of the molecule is CCCCCCc1ccc(-c2cc(N3CCC[C@H]3C(=O)CCCc3ccc(C#N)cc3)nc(C(F)(F)F)n2)s1. The highest BCUT2D eigenvalue weighted by Crippen LogP contribution is 2.36. The smallest absolute Gasteiger partial charge is 0.346 e. The Bertz CT molecular complexity index is 1300. The van der Waals surface area contributed by atoms with Crippen LogP contribution in [0.1, 0.15) is 80.1 Å². The molecule has 4 rings (SSSR count). The lowest BCUT2D eigenvalue weighted by atomic mass is 10.0. The molecule has 1 fully saturated rings. The molecular weight excluding hydrogens is 521 g/mol. The summed E-state index contributed by atoms with van der Waals surface area (Å²) in [6, 6.07) is 14.3. The van der Waals surface area contributed by atoms with Gasteiger partial charge in [-0.15, -0.1) is 11.3 Å². The number of carbonyl (C=O) groups is 1. The van der Waals surface area contributed by atoms with Crippen LogP contribution in [0.3, 0.4) is 0 Å². The third kappa shape index (κ3) is 7.66. The summed E-state index contributed by atoms with van der Waals surface area (Å²) < 4.78 is 41.4. The molecule has 9 heteroatoms. The Morgan fingerprint density at radius 3 is 2.59 bits per heavy atom. The molecule has 1 aromatic carbocycles. The fourth-order valence-corrected chi connectivity index (χ4v) is 5.98. The van der Waals surface area contributed by atoms with Gasteiger partial charge in [-0.25, -0.2) is 9.97 Å². The van der Waals surface area contributed by atoms with Gasteiger partial charge in [0.2, 0.25) is 5.82 Å². The summed E-state index contributed by atoms with van der Waals surface area (Å²) in [6.45, 7) is 2.64. The van der Waals surface area contributed by atoms with Crippen molar-refractivity contribution < 1.29 is 18.0 Å². The molecule has 1 saturated heterocycles. The highest BCUT2D eigenvalue weighted by molar-refractivity contribution is 7.15. The Labute approximate surface area is 231 Å². The first-order chi connectivity index (χ1) is 18.8. The maximum Gasteiger partial charge on any atom is 0.451 e. The van der Waals surface area contributed by atoms with Crippen molar-refractivity contribution in [1.29, 1.82) is 5.26 Å². The molecule has 1 aliphatic heterocycles. The van der Waals surface area contributed by atoms with E-state index in [1.54, 1.807) is 23.1 Å². The minimum absolute atomic E-state index is 0.0142. The zero-order chi connectivity index (χ0) is 27.8. The van der Waals surface area contributed by atoms with Gasteiger partial charge < -0.3 is 4.90 Å². The minimum atomic E-state index is -4.69. The third-order valence-electron chi connectivity index (χ3n) is 7.05. The molecule has 0 bridgehead atoms. The largest absolute Gasteiger partial charge is 0.451 e. The summed E-state index contributed by atoms with van der Waals surface area (Å²) >= 11 is 1.47. The average Bonchev–Trinajstić information content (AvgIpc) is 3.61. The van der Waals surface area contributed by atoms with Crippen LogP contribution in [0.2, 0.25) is 0 Å². The van der Waals surface area contributed by atoms with Crippen LogP contribution in [0.4, 0.5) is 19.0 Å². The lowest BCUT2D eigenvalue weighted by Crippen LogP contribution is -2.37. The number of Topliss-reactive ketones (excluding diaryl/α,β-unsaturated/α-hetero) is 1. The normalized spacial score (nSPS) is 15.5. The van der Waals surface area contributed by atoms with E-state index in [4.69, 9.17) is 5.26 Å². The molecule has 39 heavy (non-hydrogen) atoms. The van der Waals surface area contributed by atoms with E-state index < -0.39 is 18.0 Å². The van der Waals surface area contributed by atoms with E-state index in [9.17, 15) is 18.0 Å². The van der Waals surface area contributed by atoms with Crippen LogP contribution in [0.15, 0.2) is 42.5 Å². The molecule has 0 N–H and O–H groups in total. The highest BCUT2D eigenvalue weighted by Gasteiger charge is 2.38. The first-order valence-corrected chi connectivity index (χ1v) is 14.4. The molecule has 3 aromatic rings. The molecule has 0 saturated carbocycles. The number of hydrogen-bond donors (Lipinski definition) is 0. The number of unbranched alkanes of at least 4 members (excludes halogenated alkanes) is 3. The molecule has 1 aliphatic rings. The molecule has 0 spiro atoms. The van der Waals surface area contributed by atoms with E-state index in [1.165, 1.54) is 17.8 Å². The van der Waals surface area contributed by atoms with Crippen LogP contribution in [0.25, 0.3) is 10.6 Å². The quantitative estimate of drug-likeness (QED) is 0.214. The molecule has 206 valence electrons. The topological polar surface area (TPSA) is 69.9 Å². The van der Waals surface area contributed by atoms with Gasteiger partial charge in [-0.05, 0) is 68.4 Å². The van der Waals surface area contributed by atoms with Crippen LogP contribution in [-0.4, -0.2) is 28.3 Å². The van der Waals surface area contributed by atoms with Crippen LogP contribution >= 0.6 is 11.3 Å². The number of anilines is 1. The Balaban J connectivity index is 1.48. The average molecular weight is 555 g/mol. The molecule has 3 heterocycles. The van der Waals surface area contributed by atoms with Crippen molar-refractivity contribution in [1.82, 2.24) is 9.97 Å². The molecule has 1 atom stereocenters. The fourth-order valence-electron chi connectivity index (χ4n) is 4.97. The van der Waals surface area contributed by atoms with Crippen LogP contribution in [0.5, 0.6) is 0 Å². The summed E-state index contributed by atoms with van der Waals surface area (Å²) in [5, 5.41) is 8.94. The zero-order valence-corrected chi connectivity index (χ0v) is 23.0. The number of halogens is 3. The Kier molecular flexibility index (Phi) is 9.73. The van der Waals surface area contributed by atoms with Crippen molar-refractivity contribution in [2.24, 2.45) is 0 Å². The van der Waals surface area contributed by atoms with Gasteiger partial charge >= 0.3 is 6.18 Å². The minimum Gasteiger partial charge on any atom is -0.346 e. The predicted octanol–water partition coefficient (Wildman–Crippen LogP) is 7.78. The van der Waals surface area contributed by atoms with Gasteiger partial charge in [-0.2, -0.15) is 18.4 Å². The number of hydrogen-bond acceptors (Lipinski definition) is 6. The van der Waals surface area contributed by atoms with Crippen molar-refractivity contribution >= 4 is 22.9 Å². The van der Waals surface area contributed by atoms with E-state index >= 15 is 0 Å². The molecule has 0 aliphatic carbocycles. The van der Waals surface area contributed by atoms with E-state index in [1.807, 2.05) is 24.3 Å². The molecule has 0 radical (unpaired) electrons. The molecule has 5 nitrogen and oxygen atoms in total. The standard InChI is InChI=1S/C30H33F3N4OS/c1-2-3-4-5-9-23-16-17-27(39-23)24-19-28(36-29(35-24)30(31,32)33)37-18-7-10-25(37)26(38)11-6-8-21-12-14-22(20-34)15-13-21/h12-17,19,25H,2-11,18H2,1H3/t25-/m0/s1. The van der Waals surface area contributed by atoms with Gasteiger partial charge in [-0.3, -0.25) is 4.79 Å². The Hall–Kier alpha value is -3.25. The number of ketones is 1. The van der Waals surface area contributed by atoms with Gasteiger partial charge in [-0.1, -0.05) is 38.3 Å². The highest BCUT2D eigenvalue weighted by atomic mass is 32.1. The number of carbonyl (C=O) groups excluding carboxylic acids is 1. The van der Waals surface area contributed by atoms with Crippen molar-refractivity contribution in [3.63, 3.8) is 0 Å². The second-order valence-corrected chi connectivity index (χ2v) is 11.2. The number of nitriles is 1. The van der Waals surface area contributed by atoms with Gasteiger partial charge in [0.25, 0.3) is 0 Å². The second kappa shape index (κ2) is 13.2. The Morgan fingerprint density at radius 2 is 1.87 bits per heavy atom. The number of nitrogens with zero attached hydrogens (tertiary/aromatic N) is 4. The van der Waals surface area contributed by atoms with Crippen molar-refractivity contribution in [2.45, 2.75) is 83.4 Å². The zero-order valence-electron chi connectivity index (χ0n) is 22.1. The number of thiophene rings is 1. The molecule has 2 aromatic heterocycles. The van der Waals surface area contributed by atoms with E-state index in [2.05, 4.69) is 23.0 Å². The van der Waals surface area contributed by atoms with Gasteiger partial charge in [0.05, 0.1) is 28.2 Å². The summed E-state index contributed by atoms with van der Waals surface area (Å²) in [6.07, 6.45) is 3.70. The van der Waals surface area contributed by atoms with Gasteiger partial charge in [0.1, 0.15) is 5.82 Å². The van der Waals surface area contributed by atoms with Crippen LogP contribution in [-0.2, 0) is 23.8 Å². The maximum atomic E-state index is 13.8. The van der Waals surface area contributed by atoms with E-state index in [-0.39, 0.29) is 17.3 Å². The summed E-state index contributed by atoms with van der Waals surface area (Å²) in [5.41, 5.74) is 1.88. The summed E-state index contributed by atoms with van der Waals surface area (Å²) in [4.78, 5) is 24.5. The molecule has 0 unspecified atom stereocenters. The number of rotatable bonds is 12. The monoisotopic (exact) mass is 554 g/mol. The van der Waals surface area contributed by atoms with Gasteiger partial charge in [0, 0.05) is 23.9 Å². The fraction of sp³-hybridized carbons (Fsp3) is 0.467. The third-order valence-corrected chi connectivity index (χ3v) is 8.21. The number of aromatic nitrogens is 2. The predicted molar refractivity (Wildman–Crippen MR) is 148 cm³/mol. The number of alkyl halides is 3. The van der Waals surface area contributed by atoms with E-state index in [0.717, 1.165) is 36.1 Å². The van der Waals surface area contributed by atoms with Crippen LogP contribution in [0, 0.1) is 11.3 Å². The lowest BCUT2D eigenvalue weighted by Gasteiger charge is -2.25. The first kappa shape index (κ1) is 28.8. The van der Waals surface area contributed by atoms with Gasteiger partial charge in [0.15, 0.2) is 5.78 Å². The first-order valence-electron chi connectivity index (χ1n) is 13.6. The lowest BCUT2D eigenvalue weighted by molar-refractivity contribution is -0.144. The number of benzene rings is 1. The van der Waals surface area contributed by atoms with Crippen molar-refractivity contribution in [3.8, 4) is 16.6 Å². The summed E-state index contributed by atoms with van der Waals surface area (Å²) in [5.74, 6) is -1.000. The molecular formula is C30H33F3N4OS. The van der Waals surface area contributed by atoms with Crippen molar-refractivity contribution in [3.05, 3.63) is 64.3 Å². The maximum absolute atomic E-state index is 13.8. The Morgan fingerprint density at radius 1 is 1.08 bits per heavy atom. The van der Waals surface area contributed by atoms with Crippen molar-refractivity contribution in [2.75, 3.05) is 11.4 Å².